The smallest absolute Gasteiger partial charge is 0.407 e. The van der Waals surface area contributed by atoms with Crippen LogP contribution in [0.15, 0.2) is 30.3 Å². The van der Waals surface area contributed by atoms with Crippen LogP contribution >= 0.6 is 0 Å². The Morgan fingerprint density at radius 1 is 1.12 bits per heavy atom. The van der Waals surface area contributed by atoms with Crippen LogP contribution < -0.4 is 16.4 Å². The van der Waals surface area contributed by atoms with Gasteiger partial charge in [0.25, 0.3) is 0 Å². The SMILES string of the molecule is COC(=O)N[C@H](C(=O)N[C@@H](Cc1ccccc1)[C@H](O)CN1CC2CCCCC2C[C@H]1C(N)=O)C(C)(C)S(C)(=O)=O. The number of amides is 3. The molecular formula is C28H44N4O7S. The Labute approximate surface area is 237 Å². The molecule has 1 saturated carbocycles. The number of nitrogens with zero attached hydrogens (tertiary/aromatic N) is 1. The molecule has 0 bridgehead atoms. The molecule has 1 aliphatic heterocycles. The number of benzene rings is 1. The van der Waals surface area contributed by atoms with Crippen molar-refractivity contribution in [3.63, 3.8) is 0 Å². The highest BCUT2D eigenvalue weighted by atomic mass is 32.2. The number of rotatable bonds is 11. The monoisotopic (exact) mass is 580 g/mol. The molecule has 224 valence electrons. The van der Waals surface area contributed by atoms with Crippen LogP contribution in [0.3, 0.4) is 0 Å². The first-order chi connectivity index (χ1) is 18.7. The number of fused-ring (bicyclic) bond motifs is 1. The quantitative estimate of drug-likeness (QED) is 0.300. The first kappa shape index (κ1) is 31.8. The van der Waals surface area contributed by atoms with Crippen molar-refractivity contribution in [2.45, 2.75) is 81.3 Å². The molecule has 0 radical (unpaired) electrons. The van der Waals surface area contributed by atoms with Gasteiger partial charge in [-0.3, -0.25) is 14.5 Å². The van der Waals surface area contributed by atoms with Crippen molar-refractivity contribution < 1.29 is 32.6 Å². The first-order valence-electron chi connectivity index (χ1n) is 13.8. The zero-order chi connectivity index (χ0) is 29.7. The number of nitrogens with two attached hydrogens (primary N) is 1. The normalized spacial score (nSPS) is 24.2. The molecule has 2 fully saturated rings. The van der Waals surface area contributed by atoms with Crippen LogP contribution in [0.5, 0.6) is 0 Å². The predicted octanol–water partition coefficient (Wildman–Crippen LogP) is 0.989. The number of hydrogen-bond donors (Lipinski definition) is 4. The number of piperidine rings is 1. The highest BCUT2D eigenvalue weighted by molar-refractivity contribution is 7.92. The summed E-state index contributed by atoms with van der Waals surface area (Å²) < 4.78 is 28.1. The van der Waals surface area contributed by atoms with Crippen molar-refractivity contribution in [1.29, 1.82) is 0 Å². The summed E-state index contributed by atoms with van der Waals surface area (Å²) in [5.41, 5.74) is 6.62. The molecular weight excluding hydrogens is 536 g/mol. The van der Waals surface area contributed by atoms with Crippen molar-refractivity contribution in [3.8, 4) is 0 Å². The molecule has 6 atom stereocenters. The van der Waals surface area contributed by atoms with Gasteiger partial charge in [-0.25, -0.2) is 13.2 Å². The highest BCUT2D eigenvalue weighted by Gasteiger charge is 2.46. The maximum Gasteiger partial charge on any atom is 0.407 e. The average molecular weight is 581 g/mol. The molecule has 3 rings (SSSR count). The maximum atomic E-state index is 13.6. The summed E-state index contributed by atoms with van der Waals surface area (Å²) in [5, 5.41) is 16.6. The van der Waals surface area contributed by atoms with Crippen LogP contribution in [0.25, 0.3) is 0 Å². The zero-order valence-electron chi connectivity index (χ0n) is 23.8. The van der Waals surface area contributed by atoms with Crippen LogP contribution in [0.1, 0.15) is 51.5 Å². The van der Waals surface area contributed by atoms with Gasteiger partial charge in [0.05, 0.1) is 30.0 Å². The third-order valence-corrected chi connectivity index (χ3v) is 10.9. The lowest BCUT2D eigenvalue weighted by atomic mass is 9.72. The van der Waals surface area contributed by atoms with Gasteiger partial charge in [-0.2, -0.15) is 0 Å². The van der Waals surface area contributed by atoms with Gasteiger partial charge in [-0.1, -0.05) is 49.6 Å². The molecule has 1 aromatic rings. The van der Waals surface area contributed by atoms with Gasteiger partial charge < -0.3 is 26.2 Å². The number of carbonyl (C=O) groups excluding carboxylic acids is 3. The van der Waals surface area contributed by atoms with E-state index in [1.54, 1.807) is 0 Å². The summed E-state index contributed by atoms with van der Waals surface area (Å²) in [5.74, 6) is -0.360. The minimum atomic E-state index is -3.82. The molecule has 0 aromatic heterocycles. The van der Waals surface area contributed by atoms with Crippen molar-refractivity contribution in [1.82, 2.24) is 15.5 Å². The van der Waals surface area contributed by atoms with Gasteiger partial charge in [0.15, 0.2) is 9.84 Å². The van der Waals surface area contributed by atoms with Gasteiger partial charge in [-0.15, -0.1) is 0 Å². The number of likely N-dealkylation sites (tertiary alicyclic amines) is 1. The van der Waals surface area contributed by atoms with E-state index in [9.17, 15) is 27.9 Å². The van der Waals surface area contributed by atoms with E-state index in [0.29, 0.717) is 24.8 Å². The van der Waals surface area contributed by atoms with E-state index in [4.69, 9.17) is 5.73 Å². The number of hydrogen-bond acceptors (Lipinski definition) is 8. The first-order valence-corrected chi connectivity index (χ1v) is 15.7. The molecule has 1 heterocycles. The van der Waals surface area contributed by atoms with E-state index in [-0.39, 0.29) is 13.0 Å². The van der Waals surface area contributed by atoms with Crippen LogP contribution in [0.4, 0.5) is 4.79 Å². The molecule has 1 aromatic carbocycles. The molecule has 40 heavy (non-hydrogen) atoms. The zero-order valence-corrected chi connectivity index (χ0v) is 24.7. The Balaban J connectivity index is 1.87. The summed E-state index contributed by atoms with van der Waals surface area (Å²) >= 11 is 0. The molecule has 2 unspecified atom stereocenters. The molecule has 3 amide bonds. The molecule has 1 aliphatic carbocycles. The molecule has 11 nitrogen and oxygen atoms in total. The van der Waals surface area contributed by atoms with Crippen molar-refractivity contribution in [2.75, 3.05) is 26.5 Å². The lowest BCUT2D eigenvalue weighted by molar-refractivity contribution is -0.129. The summed E-state index contributed by atoms with van der Waals surface area (Å²) in [7, 11) is -2.70. The van der Waals surface area contributed by atoms with E-state index in [2.05, 4.69) is 15.4 Å². The van der Waals surface area contributed by atoms with Crippen molar-refractivity contribution in [3.05, 3.63) is 35.9 Å². The summed E-state index contributed by atoms with van der Waals surface area (Å²) in [6, 6.07) is 6.37. The number of sulfone groups is 1. The number of aliphatic hydroxyl groups excluding tert-OH is 1. The van der Waals surface area contributed by atoms with Crippen LogP contribution in [-0.2, 0) is 30.6 Å². The minimum Gasteiger partial charge on any atom is -0.453 e. The number of methoxy groups -OCH3 is 1. The predicted molar refractivity (Wildman–Crippen MR) is 151 cm³/mol. The standard InChI is InChI=1S/C28H44N4O7S/c1-28(2,40(4,37)38)24(31-27(36)39-3)26(35)30-21(14-18-10-6-5-7-11-18)23(33)17-32-16-20-13-9-8-12-19(20)15-22(32)25(29)34/h5-7,10-11,19-24,33H,8-9,12-17H2,1-4H3,(H2,29,34)(H,30,35)(H,31,36)/t19?,20?,21-,22-,23+,24+/m0/s1. The molecule has 0 spiro atoms. The number of β-amino-alcohol motifs (C(OH)–C–C–N with tert-alkyl or cyclic N) is 1. The van der Waals surface area contributed by atoms with E-state index in [0.717, 1.165) is 44.6 Å². The highest BCUT2D eigenvalue weighted by Crippen LogP contribution is 2.38. The third-order valence-electron chi connectivity index (χ3n) is 8.70. The fourth-order valence-corrected chi connectivity index (χ4v) is 6.52. The topological polar surface area (TPSA) is 168 Å². The number of aliphatic hydroxyl groups is 1. The Morgan fingerprint density at radius 2 is 1.75 bits per heavy atom. The minimum absolute atomic E-state index is 0.0964. The van der Waals surface area contributed by atoms with Crippen molar-refractivity contribution >= 4 is 27.7 Å². The van der Waals surface area contributed by atoms with Crippen LogP contribution in [0, 0.1) is 11.8 Å². The Bertz CT molecular complexity index is 1140. The molecule has 1 saturated heterocycles. The Hall–Kier alpha value is -2.70. The molecule has 2 aliphatic rings. The number of ether oxygens (including phenoxy) is 1. The fourth-order valence-electron chi connectivity index (χ4n) is 5.93. The fraction of sp³-hybridized carbons (Fsp3) is 0.679. The summed E-state index contributed by atoms with van der Waals surface area (Å²) in [6.07, 6.45) is 4.21. The number of primary amides is 1. The summed E-state index contributed by atoms with van der Waals surface area (Å²) in [6.45, 7) is 3.42. The van der Waals surface area contributed by atoms with E-state index >= 15 is 0 Å². The maximum absolute atomic E-state index is 13.6. The van der Waals surface area contributed by atoms with Gasteiger partial charge in [0, 0.05) is 19.3 Å². The van der Waals surface area contributed by atoms with Gasteiger partial charge in [-0.05, 0) is 50.5 Å². The Morgan fingerprint density at radius 3 is 2.33 bits per heavy atom. The van der Waals surface area contributed by atoms with Gasteiger partial charge in [0.1, 0.15) is 6.04 Å². The average Bonchev–Trinajstić information content (AvgIpc) is 2.90. The second kappa shape index (κ2) is 13.3. The molecule has 12 heteroatoms. The Kier molecular flexibility index (Phi) is 10.6. The van der Waals surface area contributed by atoms with Gasteiger partial charge in [0.2, 0.25) is 11.8 Å². The van der Waals surface area contributed by atoms with E-state index in [1.807, 2.05) is 35.2 Å². The van der Waals surface area contributed by atoms with Crippen LogP contribution in [-0.4, -0.2) is 91.8 Å². The van der Waals surface area contributed by atoms with E-state index < -0.39 is 56.7 Å². The summed E-state index contributed by atoms with van der Waals surface area (Å²) in [4.78, 5) is 40.0. The van der Waals surface area contributed by atoms with Crippen molar-refractivity contribution in [2.24, 2.45) is 17.6 Å². The number of carbonyl (C=O) groups is 3. The third kappa shape index (κ3) is 7.73. The number of alkyl carbamates (subject to hydrolysis) is 1. The lowest BCUT2D eigenvalue weighted by Gasteiger charge is -2.46. The van der Waals surface area contributed by atoms with Crippen LogP contribution in [0.2, 0.25) is 0 Å². The van der Waals surface area contributed by atoms with E-state index in [1.165, 1.54) is 13.8 Å². The second-order valence-electron chi connectivity index (χ2n) is 11.7. The molecule has 5 N–H and O–H groups in total. The lowest BCUT2D eigenvalue weighted by Crippen LogP contribution is -2.63. The second-order valence-corrected chi connectivity index (χ2v) is 14.3. The van der Waals surface area contributed by atoms with Gasteiger partial charge >= 0.3 is 6.09 Å². The number of nitrogens with one attached hydrogen (secondary N) is 2. The largest absolute Gasteiger partial charge is 0.453 e.